The molecule has 0 unspecified atom stereocenters. The lowest BCUT2D eigenvalue weighted by molar-refractivity contribution is 0.269. The van der Waals surface area contributed by atoms with Crippen molar-refractivity contribution in [3.63, 3.8) is 0 Å². The van der Waals surface area contributed by atoms with E-state index in [1.165, 1.54) is 12.1 Å². The van der Waals surface area contributed by atoms with E-state index in [2.05, 4.69) is 36.1 Å². The average Bonchev–Trinajstić information content (AvgIpc) is 3.40. The number of benzene rings is 1. The minimum Gasteiger partial charge on any atom is -0.459 e. The number of pyridine rings is 2. The Labute approximate surface area is 198 Å². The van der Waals surface area contributed by atoms with Crippen molar-refractivity contribution in [2.24, 2.45) is 0 Å². The van der Waals surface area contributed by atoms with E-state index in [1.54, 1.807) is 18.5 Å². The van der Waals surface area contributed by atoms with Gasteiger partial charge in [-0.3, -0.25) is 9.97 Å². The Balaban J connectivity index is 1.55. The largest absolute Gasteiger partial charge is 0.459 e. The van der Waals surface area contributed by atoms with Gasteiger partial charge in [0.2, 0.25) is 0 Å². The first-order valence-electron chi connectivity index (χ1n) is 10.0. The number of aromatic nitrogens is 2. The molecule has 0 bridgehead atoms. The molecule has 5 nitrogen and oxygen atoms in total. The topological polar surface area (TPSA) is 54.2 Å². The van der Waals surface area contributed by atoms with Gasteiger partial charge < -0.3 is 14.6 Å². The number of furan rings is 1. The Bertz CT molecular complexity index is 1250. The monoisotopic (exact) mass is 508 g/mol. The summed E-state index contributed by atoms with van der Waals surface area (Å²) < 4.78 is 20.5. The molecule has 0 aliphatic carbocycles. The van der Waals surface area contributed by atoms with Gasteiger partial charge in [0.05, 0.1) is 11.7 Å². The molecule has 1 aliphatic rings. The van der Waals surface area contributed by atoms with Gasteiger partial charge >= 0.3 is 0 Å². The zero-order valence-corrected chi connectivity index (χ0v) is 19.2. The predicted octanol–water partition coefficient (Wildman–Crippen LogP) is 5.81. The molecule has 160 valence electrons. The maximum absolute atomic E-state index is 13.6. The molecule has 3 aromatic heterocycles. The van der Waals surface area contributed by atoms with Crippen LogP contribution in [0.2, 0.25) is 0 Å². The lowest BCUT2D eigenvalue weighted by Gasteiger charge is -2.26. The van der Waals surface area contributed by atoms with Gasteiger partial charge in [0.25, 0.3) is 0 Å². The van der Waals surface area contributed by atoms with Crippen molar-refractivity contribution in [1.82, 2.24) is 20.2 Å². The number of hydrogen-bond acceptors (Lipinski definition) is 4. The smallest absolute Gasteiger partial charge is 0.170 e. The first kappa shape index (κ1) is 20.8. The quantitative estimate of drug-likeness (QED) is 0.343. The lowest BCUT2D eigenvalue weighted by Crippen LogP contribution is -2.29. The normalized spacial score (nSPS) is 18.1. The van der Waals surface area contributed by atoms with Crippen molar-refractivity contribution in [2.75, 3.05) is 0 Å². The van der Waals surface area contributed by atoms with Gasteiger partial charge in [0.15, 0.2) is 5.11 Å². The van der Waals surface area contributed by atoms with Crippen LogP contribution >= 0.6 is 28.1 Å². The van der Waals surface area contributed by atoms with E-state index in [9.17, 15) is 4.39 Å². The number of rotatable bonds is 5. The van der Waals surface area contributed by atoms with Crippen molar-refractivity contribution in [2.45, 2.75) is 18.6 Å². The number of thiocarbonyl (C=S) groups is 1. The number of hydrogen-bond donors (Lipinski definition) is 1. The molecule has 0 saturated carbocycles. The third-order valence-corrected chi connectivity index (χ3v) is 6.40. The standard InChI is InChI=1S/C24H18BrFN4OS/c25-18-12-16(26)6-7-17(18)20-8-9-21(31-20)23-22(19-5-1-2-11-28-19)29-24(32)30(23)14-15-4-3-10-27-13-15/h1-13,22-23H,14H2,(H,29,32)/t22-,23-/m0/s1. The molecule has 0 amide bonds. The number of nitrogens with zero attached hydrogens (tertiary/aromatic N) is 3. The number of nitrogens with one attached hydrogen (secondary N) is 1. The average molecular weight is 509 g/mol. The molecule has 1 N–H and O–H groups in total. The summed E-state index contributed by atoms with van der Waals surface area (Å²) in [6.07, 6.45) is 5.35. The summed E-state index contributed by atoms with van der Waals surface area (Å²) in [5, 5.41) is 4.03. The first-order chi connectivity index (χ1) is 15.6. The summed E-state index contributed by atoms with van der Waals surface area (Å²) in [6.45, 7) is 0.573. The highest BCUT2D eigenvalue weighted by molar-refractivity contribution is 9.10. The molecule has 2 atom stereocenters. The second kappa shape index (κ2) is 8.80. The zero-order chi connectivity index (χ0) is 22.1. The van der Waals surface area contributed by atoms with E-state index in [4.69, 9.17) is 16.6 Å². The van der Waals surface area contributed by atoms with Crippen LogP contribution in [0.4, 0.5) is 4.39 Å². The van der Waals surface area contributed by atoms with Gasteiger partial charge in [-0.05, 0) is 82.2 Å². The highest BCUT2D eigenvalue weighted by Crippen LogP contribution is 2.41. The van der Waals surface area contributed by atoms with Gasteiger partial charge in [-0.15, -0.1) is 0 Å². The van der Waals surface area contributed by atoms with E-state index in [0.717, 1.165) is 22.6 Å². The minimum absolute atomic E-state index is 0.184. The van der Waals surface area contributed by atoms with Crippen LogP contribution < -0.4 is 5.32 Å². The Hall–Kier alpha value is -3.10. The minimum atomic E-state index is -0.310. The van der Waals surface area contributed by atoms with Crippen molar-refractivity contribution < 1.29 is 8.81 Å². The molecule has 1 aliphatic heterocycles. The molecule has 1 fully saturated rings. The molecule has 32 heavy (non-hydrogen) atoms. The van der Waals surface area contributed by atoms with Gasteiger partial charge in [-0.1, -0.05) is 12.1 Å². The zero-order valence-electron chi connectivity index (χ0n) is 16.8. The molecule has 5 rings (SSSR count). The van der Waals surface area contributed by atoms with Crippen molar-refractivity contribution in [1.29, 1.82) is 0 Å². The van der Waals surface area contributed by atoms with E-state index in [0.29, 0.717) is 21.9 Å². The lowest BCUT2D eigenvalue weighted by atomic mass is 10.0. The third kappa shape index (κ3) is 4.03. The van der Waals surface area contributed by atoms with Gasteiger partial charge in [-0.25, -0.2) is 4.39 Å². The fourth-order valence-electron chi connectivity index (χ4n) is 3.92. The molecule has 8 heteroatoms. The maximum atomic E-state index is 13.6. The van der Waals surface area contributed by atoms with Crippen LogP contribution in [-0.4, -0.2) is 20.0 Å². The van der Waals surface area contributed by atoms with Crippen LogP contribution in [0, 0.1) is 5.82 Å². The van der Waals surface area contributed by atoms with Crippen LogP contribution in [0.25, 0.3) is 11.3 Å². The van der Waals surface area contributed by atoms with E-state index in [-0.39, 0.29) is 17.9 Å². The van der Waals surface area contributed by atoms with Gasteiger partial charge in [-0.2, -0.15) is 0 Å². The second-order valence-electron chi connectivity index (χ2n) is 7.44. The SMILES string of the molecule is Fc1ccc(-c2ccc([C@H]3[C@H](c4ccccn4)NC(=S)N3Cc3cccnc3)o2)c(Br)c1. The molecular weight excluding hydrogens is 491 g/mol. The Kier molecular flexibility index (Phi) is 5.71. The summed E-state index contributed by atoms with van der Waals surface area (Å²) in [7, 11) is 0. The summed E-state index contributed by atoms with van der Waals surface area (Å²) in [5.74, 6) is 1.07. The van der Waals surface area contributed by atoms with Crippen molar-refractivity contribution >= 4 is 33.3 Å². The summed E-state index contributed by atoms with van der Waals surface area (Å²) in [4.78, 5) is 10.9. The van der Waals surface area contributed by atoms with E-state index in [1.807, 2.05) is 48.7 Å². The molecule has 0 spiro atoms. The third-order valence-electron chi connectivity index (χ3n) is 5.39. The van der Waals surface area contributed by atoms with Gasteiger partial charge in [0.1, 0.15) is 23.4 Å². The molecule has 1 aromatic carbocycles. The summed E-state index contributed by atoms with van der Waals surface area (Å²) in [5.41, 5.74) is 2.69. The predicted molar refractivity (Wildman–Crippen MR) is 127 cm³/mol. The summed E-state index contributed by atoms with van der Waals surface area (Å²) in [6, 6.07) is 17.7. The van der Waals surface area contributed by atoms with Gasteiger partial charge in [0, 0.05) is 35.2 Å². The van der Waals surface area contributed by atoms with Crippen LogP contribution in [0.15, 0.2) is 88.1 Å². The fraction of sp³-hybridized carbons (Fsp3) is 0.125. The first-order valence-corrected chi connectivity index (χ1v) is 11.2. The van der Waals surface area contributed by atoms with Crippen molar-refractivity contribution in [3.05, 3.63) is 107 Å². The molecule has 4 aromatic rings. The highest BCUT2D eigenvalue weighted by atomic mass is 79.9. The van der Waals surface area contributed by atoms with E-state index >= 15 is 0 Å². The maximum Gasteiger partial charge on any atom is 0.170 e. The molecule has 1 saturated heterocycles. The van der Waals surface area contributed by atoms with Crippen LogP contribution in [0.5, 0.6) is 0 Å². The number of halogens is 2. The highest BCUT2D eigenvalue weighted by Gasteiger charge is 2.41. The second-order valence-corrected chi connectivity index (χ2v) is 8.68. The van der Waals surface area contributed by atoms with Crippen LogP contribution in [0.1, 0.15) is 29.1 Å². The van der Waals surface area contributed by atoms with E-state index < -0.39 is 0 Å². The van der Waals surface area contributed by atoms with Crippen molar-refractivity contribution in [3.8, 4) is 11.3 Å². The summed E-state index contributed by atoms with van der Waals surface area (Å²) >= 11 is 9.14. The Morgan fingerprint density at radius 3 is 2.75 bits per heavy atom. The molecular formula is C24H18BrFN4OS. The fourth-order valence-corrected chi connectivity index (χ4v) is 4.77. The Morgan fingerprint density at radius 1 is 1.09 bits per heavy atom. The van der Waals surface area contributed by atoms with Crippen LogP contribution in [-0.2, 0) is 6.54 Å². The molecule has 0 radical (unpaired) electrons. The van der Waals surface area contributed by atoms with Crippen LogP contribution in [0.3, 0.4) is 0 Å². The molecule has 4 heterocycles. The Morgan fingerprint density at radius 2 is 2.00 bits per heavy atom.